The minimum Gasteiger partial charge on any atom is -0.871 e. The predicted molar refractivity (Wildman–Crippen MR) is 101 cm³/mol. The Morgan fingerprint density at radius 2 is 2.07 bits per heavy atom. The van der Waals surface area contributed by atoms with Crippen LogP contribution in [0.4, 0.5) is 5.69 Å². The number of carbonyl (C=O) groups is 1. The van der Waals surface area contributed by atoms with Crippen LogP contribution in [0.3, 0.4) is 0 Å². The second-order valence-corrected chi connectivity index (χ2v) is 6.44. The second-order valence-electron chi connectivity index (χ2n) is 6.44. The molecule has 1 atom stereocenters. The number of aromatic nitrogens is 1. The molecule has 0 fully saturated rings. The number of non-ortho nitro benzene ring substituents is 1. The van der Waals surface area contributed by atoms with Crippen molar-refractivity contribution in [1.82, 2.24) is 10.3 Å². The normalized spacial score (nSPS) is 13.3. The summed E-state index contributed by atoms with van der Waals surface area (Å²) in [5.74, 6) is 0.225. The monoisotopic (exact) mass is 394 g/mol. The van der Waals surface area contributed by atoms with Crippen LogP contribution in [0.1, 0.15) is 30.5 Å². The molecule has 2 heterocycles. The molecule has 3 aromatic rings. The Balaban J connectivity index is 1.93. The maximum atomic E-state index is 13.1. The second kappa shape index (κ2) is 7.27. The number of hydrogen-bond acceptors (Lipinski definition) is 7. The zero-order valence-electron chi connectivity index (χ0n) is 15.4. The molecule has 4 rings (SSSR count). The number of ether oxygens (including phenoxy) is 2. The van der Waals surface area contributed by atoms with Gasteiger partial charge in [0, 0.05) is 18.7 Å². The van der Waals surface area contributed by atoms with E-state index >= 15 is 0 Å². The highest BCUT2D eigenvalue weighted by atomic mass is 16.7. The van der Waals surface area contributed by atoms with Gasteiger partial charge >= 0.3 is 0 Å². The summed E-state index contributed by atoms with van der Waals surface area (Å²) in [5, 5.41) is 27.7. The van der Waals surface area contributed by atoms with Crippen molar-refractivity contribution in [3.8, 4) is 17.2 Å². The highest BCUT2D eigenvalue weighted by Gasteiger charge is 2.25. The van der Waals surface area contributed by atoms with E-state index in [1.807, 2.05) is 0 Å². The van der Waals surface area contributed by atoms with E-state index in [9.17, 15) is 20.0 Å². The molecule has 9 nitrogen and oxygen atoms in total. The summed E-state index contributed by atoms with van der Waals surface area (Å²) in [6, 6.07) is 8.31. The van der Waals surface area contributed by atoms with E-state index in [1.54, 1.807) is 25.1 Å². The number of nitro groups is 1. The molecule has 2 aromatic carbocycles. The van der Waals surface area contributed by atoms with Crippen molar-refractivity contribution < 1.29 is 24.3 Å². The lowest BCUT2D eigenvalue weighted by Crippen LogP contribution is -2.29. The molecule has 0 bridgehead atoms. The molecule has 1 aliphatic rings. The number of nitrogens with zero attached hydrogens (tertiary/aromatic N) is 2. The summed E-state index contributed by atoms with van der Waals surface area (Å²) in [7, 11) is 0. The first-order valence-corrected chi connectivity index (χ1v) is 8.91. The van der Waals surface area contributed by atoms with Crippen LogP contribution in [0.2, 0.25) is 0 Å². The fourth-order valence-electron chi connectivity index (χ4n) is 3.28. The van der Waals surface area contributed by atoms with Gasteiger partial charge in [0.1, 0.15) is 0 Å². The number of nitro benzene ring substituents is 1. The van der Waals surface area contributed by atoms with Gasteiger partial charge in [-0.05, 0) is 35.4 Å². The van der Waals surface area contributed by atoms with Crippen molar-refractivity contribution in [2.45, 2.75) is 19.4 Å². The number of nitrogens with one attached hydrogen (secondary N) is 1. The van der Waals surface area contributed by atoms with Gasteiger partial charge < -0.3 is 19.9 Å². The summed E-state index contributed by atoms with van der Waals surface area (Å²) < 4.78 is 10.7. The van der Waals surface area contributed by atoms with E-state index in [0.29, 0.717) is 17.1 Å². The van der Waals surface area contributed by atoms with Crippen molar-refractivity contribution in [2.75, 3.05) is 6.79 Å². The van der Waals surface area contributed by atoms with E-state index < -0.39 is 16.7 Å². The molecule has 0 unspecified atom stereocenters. The molecule has 1 amide bonds. The van der Waals surface area contributed by atoms with Gasteiger partial charge in [0.05, 0.1) is 21.9 Å². The van der Waals surface area contributed by atoms with Crippen molar-refractivity contribution in [1.29, 1.82) is 0 Å². The minimum atomic E-state index is -0.908. The lowest BCUT2D eigenvalue weighted by Gasteiger charge is -2.25. The zero-order valence-corrected chi connectivity index (χ0v) is 15.4. The van der Waals surface area contributed by atoms with E-state index in [1.165, 1.54) is 24.4 Å². The van der Waals surface area contributed by atoms with Gasteiger partial charge in [-0.25, -0.2) is 0 Å². The SMILES string of the molecule is CCC(=O)N[C@H](c1ccc2c(c1)OCO2)c1cc([N+](=O)[O-])c2cccnc2c1[O-]. The van der Waals surface area contributed by atoms with Crippen LogP contribution in [-0.4, -0.2) is 22.6 Å². The van der Waals surface area contributed by atoms with E-state index in [4.69, 9.17) is 9.47 Å². The smallest absolute Gasteiger partial charge is 0.279 e. The van der Waals surface area contributed by atoms with Crippen molar-refractivity contribution in [3.63, 3.8) is 0 Å². The van der Waals surface area contributed by atoms with Gasteiger partial charge in [-0.2, -0.15) is 0 Å². The summed E-state index contributed by atoms with van der Waals surface area (Å²) in [6.45, 7) is 1.75. The molecule has 0 radical (unpaired) electrons. The number of benzene rings is 2. The highest BCUT2D eigenvalue weighted by molar-refractivity contribution is 5.93. The average Bonchev–Trinajstić information content (AvgIpc) is 3.20. The van der Waals surface area contributed by atoms with E-state index in [-0.39, 0.29) is 41.3 Å². The Morgan fingerprint density at radius 1 is 1.28 bits per heavy atom. The number of hydrogen-bond donors (Lipinski definition) is 1. The first kappa shape index (κ1) is 18.5. The third kappa shape index (κ3) is 3.27. The van der Waals surface area contributed by atoms with Gasteiger partial charge in [0.2, 0.25) is 12.7 Å². The van der Waals surface area contributed by atoms with Gasteiger partial charge in [-0.3, -0.25) is 19.9 Å². The van der Waals surface area contributed by atoms with Gasteiger partial charge in [-0.1, -0.05) is 18.7 Å². The molecular weight excluding hydrogens is 378 g/mol. The standard InChI is InChI=1S/C20H17N3O6/c1-2-17(24)22-18(11-5-6-15-16(8-11)29-10-28-15)13-9-14(23(26)27)12-4-3-7-21-19(12)20(13)25/h3-9,18,25H,2,10H2,1H3,(H,22,24)/p-1/t18-/m1/s1. The van der Waals surface area contributed by atoms with Crippen LogP contribution in [0.15, 0.2) is 42.6 Å². The number of amides is 1. The van der Waals surface area contributed by atoms with Crippen LogP contribution >= 0.6 is 0 Å². The van der Waals surface area contributed by atoms with Gasteiger partial charge in [0.25, 0.3) is 5.69 Å². The fourth-order valence-corrected chi connectivity index (χ4v) is 3.28. The summed E-state index contributed by atoms with van der Waals surface area (Å²) >= 11 is 0. The molecule has 0 saturated carbocycles. The average molecular weight is 394 g/mol. The quantitative estimate of drug-likeness (QED) is 0.520. The Bertz CT molecular complexity index is 1130. The van der Waals surface area contributed by atoms with Crippen LogP contribution in [0, 0.1) is 10.1 Å². The van der Waals surface area contributed by atoms with E-state index in [2.05, 4.69) is 10.3 Å². The van der Waals surface area contributed by atoms with Gasteiger partial charge in [0.15, 0.2) is 11.5 Å². The van der Waals surface area contributed by atoms with Crippen LogP contribution in [-0.2, 0) is 4.79 Å². The minimum absolute atomic E-state index is 0.0202. The predicted octanol–water partition coefficient (Wildman–Crippen LogP) is 2.56. The molecule has 0 aliphatic carbocycles. The summed E-state index contributed by atoms with van der Waals surface area (Å²) in [5.41, 5.74) is 0.327. The third-order valence-electron chi connectivity index (χ3n) is 4.72. The molecule has 1 aliphatic heterocycles. The van der Waals surface area contributed by atoms with Crippen molar-refractivity contribution in [2.24, 2.45) is 0 Å². The number of pyridine rings is 1. The fraction of sp³-hybridized carbons (Fsp3) is 0.200. The van der Waals surface area contributed by atoms with Crippen LogP contribution in [0.25, 0.3) is 10.9 Å². The van der Waals surface area contributed by atoms with Gasteiger partial charge in [-0.15, -0.1) is 0 Å². The maximum absolute atomic E-state index is 13.1. The molecule has 9 heteroatoms. The Labute approximate surface area is 165 Å². The zero-order chi connectivity index (χ0) is 20.5. The Hall–Kier alpha value is -3.88. The molecule has 0 spiro atoms. The number of carbonyl (C=O) groups excluding carboxylic acids is 1. The van der Waals surface area contributed by atoms with Crippen molar-refractivity contribution >= 4 is 22.5 Å². The highest BCUT2D eigenvalue weighted by Crippen LogP contribution is 2.40. The lowest BCUT2D eigenvalue weighted by molar-refractivity contribution is -0.383. The Morgan fingerprint density at radius 3 is 2.83 bits per heavy atom. The molecule has 148 valence electrons. The molecule has 1 aromatic heterocycles. The summed E-state index contributed by atoms with van der Waals surface area (Å²) in [4.78, 5) is 27.3. The third-order valence-corrected chi connectivity index (χ3v) is 4.72. The summed E-state index contributed by atoms with van der Waals surface area (Å²) in [6.07, 6.45) is 1.58. The topological polar surface area (TPSA) is 127 Å². The molecule has 1 N–H and O–H groups in total. The largest absolute Gasteiger partial charge is 0.871 e. The number of fused-ring (bicyclic) bond motifs is 2. The van der Waals surface area contributed by atoms with Crippen LogP contribution in [0.5, 0.6) is 17.2 Å². The number of rotatable bonds is 5. The first-order chi connectivity index (χ1) is 14.0. The molecule has 0 saturated heterocycles. The maximum Gasteiger partial charge on any atom is 0.279 e. The van der Waals surface area contributed by atoms with E-state index in [0.717, 1.165) is 0 Å². The van der Waals surface area contributed by atoms with Crippen molar-refractivity contribution in [3.05, 3.63) is 63.8 Å². The first-order valence-electron chi connectivity index (χ1n) is 8.91. The Kier molecular flexibility index (Phi) is 4.63. The van der Waals surface area contributed by atoms with Crippen LogP contribution < -0.4 is 19.9 Å². The molecular formula is C20H16N3O6-. The lowest BCUT2D eigenvalue weighted by atomic mass is 9.95. The molecule has 29 heavy (non-hydrogen) atoms.